The highest BCUT2D eigenvalue weighted by atomic mass is 33.1. The van der Waals surface area contributed by atoms with E-state index in [0.29, 0.717) is 33.7 Å². The lowest BCUT2D eigenvalue weighted by atomic mass is 9.51. The number of hydrogen-bond donors (Lipinski definition) is 3. The first-order valence-electron chi connectivity index (χ1n) is 9.17. The van der Waals surface area contributed by atoms with Crippen LogP contribution in [0.3, 0.4) is 0 Å². The summed E-state index contributed by atoms with van der Waals surface area (Å²) in [5, 5.41) is 0. The zero-order chi connectivity index (χ0) is 16.7. The average molecular weight is 356 g/mol. The maximum atomic E-state index is 6.51. The molecule has 6 aliphatic carbocycles. The summed E-state index contributed by atoms with van der Waals surface area (Å²) in [5.74, 6) is 10.0. The van der Waals surface area contributed by atoms with Gasteiger partial charge in [0.15, 0.2) is 0 Å². The Kier molecular flexibility index (Phi) is 3.74. The second-order valence-corrected chi connectivity index (χ2v) is 12.3. The minimum absolute atomic E-state index is 0.395. The van der Waals surface area contributed by atoms with Crippen molar-refractivity contribution in [2.24, 2.45) is 45.1 Å². The first kappa shape index (κ1) is 17.0. The van der Waals surface area contributed by atoms with E-state index in [1.165, 1.54) is 37.2 Å². The SMILES string of the molecule is CC1(C)C2CC(N)C1(CSSCC13CC(CC1NN)C3(C)C)C2. The Hall–Kier alpha value is 0.580. The number of hydrogen-bond acceptors (Lipinski definition) is 5. The summed E-state index contributed by atoms with van der Waals surface area (Å²) in [6, 6.07) is 0.926. The van der Waals surface area contributed by atoms with Crippen LogP contribution in [0.4, 0.5) is 0 Å². The molecular formula is C18H33N3S2. The topological polar surface area (TPSA) is 64.1 Å². The Bertz CT molecular complexity index is 508. The second-order valence-electron chi connectivity index (χ2n) is 9.88. The zero-order valence-corrected chi connectivity index (χ0v) is 16.7. The fraction of sp³-hybridized carbons (Fsp3) is 1.00. The Balaban J connectivity index is 1.35. The minimum atomic E-state index is 0.395. The van der Waals surface area contributed by atoms with Gasteiger partial charge in [0.1, 0.15) is 0 Å². The lowest BCUT2D eigenvalue weighted by molar-refractivity contribution is -0.0457. The molecule has 0 aliphatic heterocycles. The first-order chi connectivity index (χ1) is 10.7. The molecule has 0 amide bonds. The van der Waals surface area contributed by atoms with Gasteiger partial charge >= 0.3 is 0 Å². The van der Waals surface area contributed by atoms with Crippen molar-refractivity contribution in [1.82, 2.24) is 5.43 Å². The molecule has 6 rings (SSSR count). The van der Waals surface area contributed by atoms with Crippen LogP contribution in [0.2, 0.25) is 0 Å². The molecule has 6 aliphatic rings. The van der Waals surface area contributed by atoms with Crippen LogP contribution < -0.4 is 17.0 Å². The number of rotatable bonds is 6. The van der Waals surface area contributed by atoms with Crippen molar-refractivity contribution in [2.45, 2.75) is 65.5 Å². The molecule has 5 N–H and O–H groups in total. The Morgan fingerprint density at radius 2 is 1.43 bits per heavy atom. The van der Waals surface area contributed by atoms with Crippen molar-refractivity contribution in [2.75, 3.05) is 11.5 Å². The fourth-order valence-electron chi connectivity index (χ4n) is 6.70. The van der Waals surface area contributed by atoms with Gasteiger partial charge in [0.25, 0.3) is 0 Å². The summed E-state index contributed by atoms with van der Waals surface area (Å²) in [5.41, 5.74) is 11.3. The lowest BCUT2D eigenvalue weighted by Gasteiger charge is -2.57. The number of nitrogens with two attached hydrogens (primary N) is 2. The Labute approximate surface area is 149 Å². The number of nitrogens with one attached hydrogen (secondary N) is 1. The molecule has 4 bridgehead atoms. The fourth-order valence-corrected chi connectivity index (χ4v) is 10.4. The smallest absolute Gasteiger partial charge is 0.0283 e. The predicted octanol–water partition coefficient (Wildman–Crippen LogP) is 3.40. The quantitative estimate of drug-likeness (QED) is 0.295. The second kappa shape index (κ2) is 5.06. The normalized spacial score (nSPS) is 51.4. The van der Waals surface area contributed by atoms with E-state index in [-0.39, 0.29) is 0 Å². The molecule has 3 nitrogen and oxygen atoms in total. The van der Waals surface area contributed by atoms with Crippen molar-refractivity contribution in [3.8, 4) is 0 Å². The van der Waals surface area contributed by atoms with Gasteiger partial charge in [-0.15, -0.1) is 0 Å². The summed E-state index contributed by atoms with van der Waals surface area (Å²) in [4.78, 5) is 0. The van der Waals surface area contributed by atoms with Gasteiger partial charge in [-0.25, -0.2) is 0 Å². The third kappa shape index (κ3) is 1.87. The molecular weight excluding hydrogens is 322 g/mol. The van der Waals surface area contributed by atoms with Gasteiger partial charge in [0, 0.05) is 34.4 Å². The predicted molar refractivity (Wildman–Crippen MR) is 102 cm³/mol. The van der Waals surface area contributed by atoms with Gasteiger partial charge in [-0.3, -0.25) is 11.3 Å². The van der Waals surface area contributed by atoms with E-state index in [2.05, 4.69) is 54.7 Å². The van der Waals surface area contributed by atoms with E-state index in [0.717, 1.165) is 11.8 Å². The van der Waals surface area contributed by atoms with E-state index in [4.69, 9.17) is 11.6 Å². The summed E-state index contributed by atoms with van der Waals surface area (Å²) >= 11 is 0. The number of hydrazine groups is 1. The molecule has 0 radical (unpaired) electrons. The molecule has 0 saturated heterocycles. The van der Waals surface area contributed by atoms with Crippen molar-refractivity contribution in [3.05, 3.63) is 0 Å². The Morgan fingerprint density at radius 1 is 0.913 bits per heavy atom. The average Bonchev–Trinajstić information content (AvgIpc) is 3.15. The van der Waals surface area contributed by atoms with E-state index in [1.807, 2.05) is 0 Å². The molecule has 6 atom stereocenters. The summed E-state index contributed by atoms with van der Waals surface area (Å²) in [7, 11) is 4.17. The van der Waals surface area contributed by atoms with Crippen LogP contribution >= 0.6 is 21.6 Å². The highest BCUT2D eigenvalue weighted by molar-refractivity contribution is 8.76. The highest BCUT2D eigenvalue weighted by Gasteiger charge is 2.69. The van der Waals surface area contributed by atoms with Crippen LogP contribution in [-0.2, 0) is 0 Å². The van der Waals surface area contributed by atoms with Gasteiger partial charge in [0.2, 0.25) is 0 Å². The van der Waals surface area contributed by atoms with Crippen LogP contribution in [0.1, 0.15) is 53.4 Å². The zero-order valence-electron chi connectivity index (χ0n) is 15.0. The van der Waals surface area contributed by atoms with E-state index >= 15 is 0 Å². The van der Waals surface area contributed by atoms with Gasteiger partial charge < -0.3 is 5.73 Å². The largest absolute Gasteiger partial charge is 0.327 e. The third-order valence-corrected chi connectivity index (χ3v) is 11.8. The molecule has 0 spiro atoms. The van der Waals surface area contributed by atoms with Gasteiger partial charge in [0.05, 0.1) is 0 Å². The van der Waals surface area contributed by atoms with Gasteiger partial charge in [-0.05, 0) is 48.3 Å². The molecule has 0 heterocycles. The third-order valence-electron chi connectivity index (χ3n) is 9.18. The van der Waals surface area contributed by atoms with E-state index in [9.17, 15) is 0 Å². The molecule has 6 fully saturated rings. The first-order valence-corrected chi connectivity index (χ1v) is 11.7. The molecule has 6 unspecified atom stereocenters. The maximum Gasteiger partial charge on any atom is 0.0283 e. The molecule has 132 valence electrons. The van der Waals surface area contributed by atoms with Crippen LogP contribution in [0.15, 0.2) is 0 Å². The van der Waals surface area contributed by atoms with E-state index in [1.54, 1.807) is 0 Å². The van der Waals surface area contributed by atoms with Gasteiger partial charge in [-0.2, -0.15) is 0 Å². The molecule has 23 heavy (non-hydrogen) atoms. The summed E-state index contributed by atoms with van der Waals surface area (Å²) < 4.78 is 0. The van der Waals surface area contributed by atoms with Crippen molar-refractivity contribution >= 4 is 21.6 Å². The van der Waals surface area contributed by atoms with Gasteiger partial charge in [-0.1, -0.05) is 49.3 Å². The molecule has 0 aromatic carbocycles. The summed E-state index contributed by atoms with van der Waals surface area (Å²) in [6.07, 6.45) is 5.23. The molecule has 0 aromatic rings. The van der Waals surface area contributed by atoms with Crippen LogP contribution in [0.25, 0.3) is 0 Å². The maximum absolute atomic E-state index is 6.51. The number of fused-ring (bicyclic) bond motifs is 2. The van der Waals surface area contributed by atoms with Crippen LogP contribution in [0, 0.1) is 33.5 Å². The van der Waals surface area contributed by atoms with Crippen molar-refractivity contribution in [3.63, 3.8) is 0 Å². The highest BCUT2D eigenvalue weighted by Crippen LogP contribution is 2.73. The van der Waals surface area contributed by atoms with Crippen molar-refractivity contribution in [1.29, 1.82) is 0 Å². The molecule has 5 heteroatoms. The minimum Gasteiger partial charge on any atom is -0.327 e. The Morgan fingerprint density at radius 3 is 1.91 bits per heavy atom. The molecule has 0 aromatic heterocycles. The lowest BCUT2D eigenvalue weighted by Crippen LogP contribution is -2.57. The summed E-state index contributed by atoms with van der Waals surface area (Å²) in [6.45, 7) is 9.80. The van der Waals surface area contributed by atoms with Crippen LogP contribution in [-0.4, -0.2) is 23.6 Å². The van der Waals surface area contributed by atoms with E-state index < -0.39 is 0 Å². The standard InChI is InChI=1S/C18H33N3S2/c1-15(2)11-5-13(19)17(15,7-11)9-22-23-10-18-8-12(16(18,3)4)6-14(18)21-20/h11-14,21H,5-10,19-20H2,1-4H3. The molecule has 6 saturated carbocycles. The van der Waals surface area contributed by atoms with Crippen molar-refractivity contribution < 1.29 is 0 Å². The van der Waals surface area contributed by atoms with Crippen LogP contribution in [0.5, 0.6) is 0 Å². The monoisotopic (exact) mass is 355 g/mol.